The maximum Gasteiger partial charge on any atom is 0.283 e. The fourth-order valence-electron chi connectivity index (χ4n) is 4.47. The van der Waals surface area contributed by atoms with Crippen LogP contribution in [0.2, 0.25) is 0 Å². The van der Waals surface area contributed by atoms with Gasteiger partial charge in [-0.2, -0.15) is 10.0 Å². The number of carbonyl (C=O) groups is 1. The first kappa shape index (κ1) is 26.0. The minimum absolute atomic E-state index is 0.0224. The van der Waals surface area contributed by atoms with Gasteiger partial charge in [0.2, 0.25) is 5.17 Å². The Hall–Kier alpha value is -4.28. The van der Waals surface area contributed by atoms with E-state index in [1.807, 2.05) is 72.9 Å². The highest BCUT2D eigenvalue weighted by Gasteiger charge is 2.36. The van der Waals surface area contributed by atoms with Crippen molar-refractivity contribution in [1.29, 1.82) is 5.41 Å². The first-order chi connectivity index (χ1) is 19.6. The molecule has 0 saturated heterocycles. The van der Waals surface area contributed by atoms with Crippen molar-refractivity contribution in [2.75, 3.05) is 13.7 Å². The average molecular weight is 568 g/mol. The number of nitrogens with one attached hydrogen (secondary N) is 1. The van der Waals surface area contributed by atoms with E-state index in [0.29, 0.717) is 29.8 Å². The summed E-state index contributed by atoms with van der Waals surface area (Å²) in [5.74, 6) is 1.70. The van der Waals surface area contributed by atoms with Crippen molar-refractivity contribution in [2.24, 2.45) is 10.1 Å². The first-order valence-electron chi connectivity index (χ1n) is 12.6. The SMILES string of the molecule is COc1ccccc1OCCn1cc(/C=C2\C(=N)N3N=C(SCc4ccccc4)SC3=NC2=O)c2ccccc21. The van der Waals surface area contributed by atoms with E-state index in [-0.39, 0.29) is 11.4 Å². The Kier molecular flexibility index (Phi) is 7.43. The molecule has 2 aliphatic heterocycles. The van der Waals surface area contributed by atoms with Crippen LogP contribution >= 0.6 is 23.5 Å². The number of carbonyl (C=O) groups excluding carboxylic acids is 1. The second kappa shape index (κ2) is 11.4. The van der Waals surface area contributed by atoms with Crippen LogP contribution in [-0.2, 0) is 17.1 Å². The molecule has 10 heteroatoms. The van der Waals surface area contributed by atoms with Crippen molar-refractivity contribution in [3.8, 4) is 11.5 Å². The van der Waals surface area contributed by atoms with Gasteiger partial charge in [-0.25, -0.2) is 0 Å². The second-order valence-electron chi connectivity index (χ2n) is 8.95. The summed E-state index contributed by atoms with van der Waals surface area (Å²) in [6.45, 7) is 1.02. The number of hydrogen-bond donors (Lipinski definition) is 1. The summed E-state index contributed by atoms with van der Waals surface area (Å²) in [5, 5.41) is 16.2. The molecule has 40 heavy (non-hydrogen) atoms. The Labute approximate surface area is 239 Å². The van der Waals surface area contributed by atoms with Crippen LogP contribution in [0.3, 0.4) is 0 Å². The lowest BCUT2D eigenvalue weighted by molar-refractivity contribution is -0.114. The molecule has 4 aromatic rings. The topological polar surface area (TPSA) is 92.3 Å². The van der Waals surface area contributed by atoms with Crippen molar-refractivity contribution in [3.63, 3.8) is 0 Å². The van der Waals surface area contributed by atoms with Gasteiger partial charge in [-0.05, 0) is 41.6 Å². The summed E-state index contributed by atoms with van der Waals surface area (Å²) in [5.41, 5.74) is 3.22. The molecule has 0 aliphatic carbocycles. The molecule has 0 bridgehead atoms. The number of hydrazone groups is 1. The number of hydrogen-bond acceptors (Lipinski definition) is 7. The summed E-state index contributed by atoms with van der Waals surface area (Å²) in [7, 11) is 1.62. The van der Waals surface area contributed by atoms with Gasteiger partial charge in [0.25, 0.3) is 5.91 Å². The van der Waals surface area contributed by atoms with Gasteiger partial charge in [0.15, 0.2) is 21.7 Å². The number of aliphatic imine (C=N–C) groups is 1. The minimum Gasteiger partial charge on any atom is -0.493 e. The molecule has 0 saturated carbocycles. The lowest BCUT2D eigenvalue weighted by atomic mass is 10.1. The van der Waals surface area contributed by atoms with Crippen LogP contribution < -0.4 is 9.47 Å². The van der Waals surface area contributed by atoms with Crippen molar-refractivity contribution in [3.05, 3.63) is 102 Å². The third-order valence-corrected chi connectivity index (χ3v) is 8.53. The van der Waals surface area contributed by atoms with Crippen molar-refractivity contribution in [1.82, 2.24) is 9.58 Å². The number of benzene rings is 3. The lowest BCUT2D eigenvalue weighted by Gasteiger charge is -2.20. The van der Waals surface area contributed by atoms with Gasteiger partial charge in [-0.1, -0.05) is 72.4 Å². The van der Waals surface area contributed by atoms with Gasteiger partial charge < -0.3 is 14.0 Å². The van der Waals surface area contributed by atoms with Crippen molar-refractivity contribution in [2.45, 2.75) is 12.3 Å². The third kappa shape index (κ3) is 5.28. The molecule has 1 amide bonds. The molecule has 0 fully saturated rings. The van der Waals surface area contributed by atoms with Crippen LogP contribution in [0.1, 0.15) is 11.1 Å². The molecule has 8 nitrogen and oxygen atoms in total. The zero-order valence-electron chi connectivity index (χ0n) is 21.6. The number of fused-ring (bicyclic) bond motifs is 2. The third-order valence-electron chi connectivity index (χ3n) is 6.42. The van der Waals surface area contributed by atoms with Gasteiger partial charge in [0.05, 0.1) is 19.2 Å². The van der Waals surface area contributed by atoms with Gasteiger partial charge in [0, 0.05) is 28.4 Å². The number of amidine groups is 2. The molecule has 1 N–H and O–H groups in total. The first-order valence-corrected chi connectivity index (χ1v) is 14.4. The van der Waals surface area contributed by atoms with E-state index in [9.17, 15) is 4.79 Å². The Morgan fingerprint density at radius 2 is 1.75 bits per heavy atom. The van der Waals surface area contributed by atoms with Gasteiger partial charge in [-0.3, -0.25) is 10.2 Å². The predicted molar refractivity (Wildman–Crippen MR) is 163 cm³/mol. The van der Waals surface area contributed by atoms with Crippen LogP contribution in [0.4, 0.5) is 0 Å². The lowest BCUT2D eigenvalue weighted by Crippen LogP contribution is -2.35. The van der Waals surface area contributed by atoms with Gasteiger partial charge in [-0.15, -0.1) is 5.10 Å². The highest BCUT2D eigenvalue weighted by Crippen LogP contribution is 2.34. The number of ether oxygens (including phenoxy) is 2. The molecule has 0 radical (unpaired) electrons. The van der Waals surface area contributed by atoms with Crippen LogP contribution in [-0.4, -0.2) is 44.6 Å². The molecule has 200 valence electrons. The molecule has 0 atom stereocenters. The Morgan fingerprint density at radius 1 is 1.00 bits per heavy atom. The van der Waals surface area contributed by atoms with E-state index in [0.717, 1.165) is 26.6 Å². The number of para-hydroxylation sites is 3. The molecule has 3 heterocycles. The number of nitrogens with zero attached hydrogens (tertiary/aromatic N) is 4. The quantitative estimate of drug-likeness (QED) is 0.254. The summed E-state index contributed by atoms with van der Waals surface area (Å²) in [4.78, 5) is 17.3. The maximum absolute atomic E-state index is 13.0. The van der Waals surface area contributed by atoms with Gasteiger partial charge in [0.1, 0.15) is 6.61 Å². The fourth-order valence-corrected chi connectivity index (χ4v) is 6.36. The van der Waals surface area contributed by atoms with Crippen LogP contribution in [0.25, 0.3) is 17.0 Å². The Morgan fingerprint density at radius 3 is 2.58 bits per heavy atom. The van der Waals surface area contributed by atoms with E-state index < -0.39 is 5.91 Å². The smallest absolute Gasteiger partial charge is 0.283 e. The number of methoxy groups -OCH3 is 1. The van der Waals surface area contributed by atoms with Crippen LogP contribution in [0.15, 0.2) is 101 Å². The highest BCUT2D eigenvalue weighted by atomic mass is 32.2. The van der Waals surface area contributed by atoms with Gasteiger partial charge >= 0.3 is 0 Å². The second-order valence-corrected chi connectivity index (χ2v) is 11.1. The zero-order valence-corrected chi connectivity index (χ0v) is 23.2. The average Bonchev–Trinajstić information content (AvgIpc) is 3.56. The highest BCUT2D eigenvalue weighted by molar-refractivity contribution is 8.45. The fraction of sp³-hybridized carbons (Fsp3) is 0.133. The standard InChI is InChI=1S/C30H25N5O3S2/c1-37-25-13-7-8-14-26(25)38-16-15-34-18-21(22-11-5-6-12-24(22)34)17-23-27(31)35-29(32-28(23)36)40-30(33-35)39-19-20-9-3-2-4-10-20/h2-14,17-18,31H,15-16,19H2,1H3/b23-17+,31-27?. The van der Waals surface area contributed by atoms with E-state index in [1.54, 1.807) is 24.9 Å². The summed E-state index contributed by atoms with van der Waals surface area (Å²) >= 11 is 2.88. The molecule has 2 aliphatic rings. The zero-order chi connectivity index (χ0) is 27.5. The molecule has 3 aromatic carbocycles. The minimum atomic E-state index is -0.440. The molecule has 6 rings (SSSR count). The van der Waals surface area contributed by atoms with Crippen LogP contribution in [0, 0.1) is 5.41 Å². The Bertz CT molecular complexity index is 1690. The largest absolute Gasteiger partial charge is 0.493 e. The van der Waals surface area contributed by atoms with E-state index >= 15 is 0 Å². The monoisotopic (exact) mass is 567 g/mol. The number of amides is 1. The summed E-state index contributed by atoms with van der Waals surface area (Å²) < 4.78 is 14.2. The molecule has 1 aromatic heterocycles. The maximum atomic E-state index is 13.0. The van der Waals surface area contributed by atoms with E-state index in [1.165, 1.54) is 22.3 Å². The number of rotatable bonds is 8. The van der Waals surface area contributed by atoms with E-state index in [2.05, 4.69) is 26.8 Å². The van der Waals surface area contributed by atoms with Crippen molar-refractivity contribution < 1.29 is 14.3 Å². The predicted octanol–water partition coefficient (Wildman–Crippen LogP) is 6.24. The number of aromatic nitrogens is 1. The van der Waals surface area contributed by atoms with Crippen molar-refractivity contribution >= 4 is 61.8 Å². The summed E-state index contributed by atoms with van der Waals surface area (Å²) in [6, 6.07) is 25.6. The summed E-state index contributed by atoms with van der Waals surface area (Å²) in [6.07, 6.45) is 3.71. The molecule has 0 spiro atoms. The molecule has 0 unspecified atom stereocenters. The molecular formula is C30H25N5O3S2. The normalized spacial score (nSPS) is 15.8. The molecular weight excluding hydrogens is 542 g/mol. The number of thioether (sulfide) groups is 2. The Balaban J connectivity index is 1.22. The van der Waals surface area contributed by atoms with Crippen LogP contribution in [0.5, 0.6) is 11.5 Å². The van der Waals surface area contributed by atoms with E-state index in [4.69, 9.17) is 14.9 Å².